The van der Waals surface area contributed by atoms with Gasteiger partial charge in [-0.25, -0.2) is 9.18 Å². The molecular formula is C21H26FN3O5. The van der Waals surface area contributed by atoms with E-state index in [2.05, 4.69) is 5.32 Å². The number of carbonyl (C=O) groups is 1. The Bertz CT molecular complexity index is 1000. The van der Waals surface area contributed by atoms with Crippen molar-refractivity contribution in [3.05, 3.63) is 39.9 Å². The molecule has 162 valence electrons. The van der Waals surface area contributed by atoms with Gasteiger partial charge in [0.15, 0.2) is 0 Å². The van der Waals surface area contributed by atoms with Gasteiger partial charge in [-0.2, -0.15) is 5.26 Å². The quantitative estimate of drug-likeness (QED) is 0.569. The van der Waals surface area contributed by atoms with Gasteiger partial charge in [0, 0.05) is 23.7 Å². The molecule has 2 N–H and O–H groups in total. The first-order valence-electron chi connectivity index (χ1n) is 9.56. The molecule has 1 heterocycles. The van der Waals surface area contributed by atoms with Crippen LogP contribution in [0.1, 0.15) is 37.6 Å². The number of aromatic nitrogens is 1. The number of nitrogens with zero attached hydrogens (tertiary/aromatic N) is 2. The smallest absolute Gasteiger partial charge is 0.341 e. The molecule has 0 amide bonds. The molecule has 0 unspecified atom stereocenters. The van der Waals surface area contributed by atoms with E-state index in [0.717, 1.165) is 6.07 Å². The molecular weight excluding hydrogens is 393 g/mol. The summed E-state index contributed by atoms with van der Waals surface area (Å²) >= 11 is 0. The van der Waals surface area contributed by atoms with Crippen molar-refractivity contribution in [2.45, 2.75) is 32.7 Å². The molecule has 0 aliphatic carbocycles. The van der Waals surface area contributed by atoms with Crippen molar-refractivity contribution in [3.63, 3.8) is 0 Å². The minimum absolute atomic E-state index is 0.0126. The number of carboxylic acid groups (broad SMARTS) is 1. The zero-order valence-electron chi connectivity index (χ0n) is 17.3. The highest BCUT2D eigenvalue weighted by Crippen LogP contribution is 2.26. The monoisotopic (exact) mass is 419 g/mol. The standard InChI is InChI=1S/C21H26FN3O5/c1-21(2,3)25-13-15(20(27)28)19(26)14-11-16(22)17(12-18(14)25)24-6-8-30-10-9-29-7-4-5-23/h11-13,24H,4,6-10H2,1-3H3,(H,27,28). The van der Waals surface area contributed by atoms with E-state index in [-0.39, 0.29) is 11.1 Å². The Balaban J connectivity index is 2.16. The number of ether oxygens (including phenoxy) is 2. The summed E-state index contributed by atoms with van der Waals surface area (Å²) < 4.78 is 26.8. The highest BCUT2D eigenvalue weighted by molar-refractivity contribution is 5.93. The van der Waals surface area contributed by atoms with Gasteiger partial charge in [0.25, 0.3) is 0 Å². The topological polar surface area (TPSA) is 114 Å². The fourth-order valence-electron chi connectivity index (χ4n) is 2.89. The van der Waals surface area contributed by atoms with E-state index in [1.807, 2.05) is 26.8 Å². The molecule has 1 aromatic carbocycles. The Morgan fingerprint density at radius 2 is 1.90 bits per heavy atom. The molecule has 30 heavy (non-hydrogen) atoms. The highest BCUT2D eigenvalue weighted by Gasteiger charge is 2.22. The Morgan fingerprint density at radius 1 is 1.23 bits per heavy atom. The van der Waals surface area contributed by atoms with E-state index in [1.165, 1.54) is 12.3 Å². The third kappa shape index (κ3) is 5.78. The van der Waals surface area contributed by atoms with Crippen LogP contribution in [0.2, 0.25) is 0 Å². The van der Waals surface area contributed by atoms with Crippen molar-refractivity contribution >= 4 is 22.6 Å². The van der Waals surface area contributed by atoms with Gasteiger partial charge in [-0.1, -0.05) is 0 Å². The number of benzene rings is 1. The maximum atomic E-state index is 14.6. The van der Waals surface area contributed by atoms with Crippen LogP contribution in [0, 0.1) is 17.1 Å². The molecule has 0 fully saturated rings. The second kappa shape index (κ2) is 10.2. The summed E-state index contributed by atoms with van der Waals surface area (Å²) in [6, 6.07) is 4.55. The van der Waals surface area contributed by atoms with Gasteiger partial charge < -0.3 is 24.5 Å². The van der Waals surface area contributed by atoms with Crippen LogP contribution in [-0.2, 0) is 15.0 Å². The Kier molecular flexibility index (Phi) is 7.92. The molecule has 0 radical (unpaired) electrons. The fourth-order valence-corrected chi connectivity index (χ4v) is 2.89. The predicted octanol–water partition coefficient (Wildman–Crippen LogP) is 2.95. The number of aromatic carboxylic acids is 1. The molecule has 0 bridgehead atoms. The van der Waals surface area contributed by atoms with Gasteiger partial charge in [-0.05, 0) is 32.9 Å². The fraction of sp³-hybridized carbons (Fsp3) is 0.476. The number of hydrogen-bond donors (Lipinski definition) is 2. The normalized spacial score (nSPS) is 11.4. The zero-order chi connectivity index (χ0) is 22.3. The third-order valence-corrected chi connectivity index (χ3v) is 4.34. The van der Waals surface area contributed by atoms with Crippen molar-refractivity contribution in [1.29, 1.82) is 5.26 Å². The summed E-state index contributed by atoms with van der Waals surface area (Å²) in [5.41, 5.74) is -1.02. The van der Waals surface area contributed by atoms with Crippen LogP contribution < -0.4 is 10.7 Å². The van der Waals surface area contributed by atoms with Crippen LogP contribution >= 0.6 is 0 Å². The van der Waals surface area contributed by atoms with Gasteiger partial charge in [0.2, 0.25) is 5.43 Å². The number of rotatable bonds is 10. The lowest BCUT2D eigenvalue weighted by Crippen LogP contribution is -2.28. The first-order valence-corrected chi connectivity index (χ1v) is 9.56. The second-order valence-corrected chi connectivity index (χ2v) is 7.63. The minimum atomic E-state index is -1.35. The van der Waals surface area contributed by atoms with Crippen molar-refractivity contribution in [2.75, 3.05) is 38.3 Å². The molecule has 2 rings (SSSR count). The van der Waals surface area contributed by atoms with Crippen LogP contribution in [-0.4, -0.2) is 48.6 Å². The summed E-state index contributed by atoms with van der Waals surface area (Å²) in [4.78, 5) is 23.9. The molecule has 0 saturated carbocycles. The molecule has 0 spiro atoms. The first kappa shape index (κ1) is 23.3. The number of anilines is 1. The van der Waals surface area contributed by atoms with Gasteiger partial charge in [-0.3, -0.25) is 4.79 Å². The van der Waals surface area contributed by atoms with E-state index in [9.17, 15) is 19.1 Å². The van der Waals surface area contributed by atoms with Crippen LogP contribution in [0.3, 0.4) is 0 Å². The Morgan fingerprint density at radius 3 is 2.50 bits per heavy atom. The van der Waals surface area contributed by atoms with Crippen LogP contribution in [0.4, 0.5) is 10.1 Å². The summed E-state index contributed by atoms with van der Waals surface area (Å²) in [6.45, 7) is 7.32. The van der Waals surface area contributed by atoms with Crippen molar-refractivity contribution < 1.29 is 23.8 Å². The van der Waals surface area contributed by atoms with Crippen LogP contribution in [0.5, 0.6) is 0 Å². The van der Waals surface area contributed by atoms with E-state index >= 15 is 0 Å². The van der Waals surface area contributed by atoms with E-state index in [0.29, 0.717) is 44.9 Å². The molecule has 8 nitrogen and oxygen atoms in total. The van der Waals surface area contributed by atoms with Crippen molar-refractivity contribution in [3.8, 4) is 6.07 Å². The molecule has 2 aromatic rings. The molecule has 0 aliphatic heterocycles. The molecule has 0 saturated heterocycles. The zero-order valence-corrected chi connectivity index (χ0v) is 17.3. The molecule has 1 aromatic heterocycles. The maximum absolute atomic E-state index is 14.6. The Hall–Kier alpha value is -2.96. The lowest BCUT2D eigenvalue weighted by Gasteiger charge is -2.26. The second-order valence-electron chi connectivity index (χ2n) is 7.63. The number of pyridine rings is 1. The summed E-state index contributed by atoms with van der Waals surface area (Å²) in [5, 5.41) is 20.7. The maximum Gasteiger partial charge on any atom is 0.341 e. The Labute approximate surface area is 173 Å². The summed E-state index contributed by atoms with van der Waals surface area (Å²) in [5.74, 6) is -2.00. The lowest BCUT2D eigenvalue weighted by molar-refractivity contribution is 0.0538. The number of carboxylic acids is 1. The van der Waals surface area contributed by atoms with Gasteiger partial charge in [0.05, 0.1) is 50.1 Å². The van der Waals surface area contributed by atoms with E-state index in [4.69, 9.17) is 14.7 Å². The van der Waals surface area contributed by atoms with Crippen molar-refractivity contribution in [2.24, 2.45) is 0 Å². The molecule has 9 heteroatoms. The van der Waals surface area contributed by atoms with Crippen LogP contribution in [0.25, 0.3) is 10.9 Å². The van der Waals surface area contributed by atoms with Gasteiger partial charge >= 0.3 is 5.97 Å². The number of nitrogens with one attached hydrogen (secondary N) is 1. The SMILES string of the molecule is CC(C)(C)n1cc(C(=O)O)c(=O)c2cc(F)c(NCCOCCOCCC#N)cc21. The van der Waals surface area contributed by atoms with Gasteiger partial charge in [0.1, 0.15) is 11.4 Å². The number of halogens is 1. The number of fused-ring (bicyclic) bond motifs is 1. The summed E-state index contributed by atoms with van der Waals surface area (Å²) in [7, 11) is 0. The minimum Gasteiger partial charge on any atom is -0.477 e. The average molecular weight is 419 g/mol. The number of nitriles is 1. The first-order chi connectivity index (χ1) is 14.2. The van der Waals surface area contributed by atoms with Crippen LogP contribution in [0.15, 0.2) is 23.1 Å². The third-order valence-electron chi connectivity index (χ3n) is 4.34. The van der Waals surface area contributed by atoms with Gasteiger partial charge in [-0.15, -0.1) is 0 Å². The largest absolute Gasteiger partial charge is 0.477 e. The lowest BCUT2D eigenvalue weighted by atomic mass is 10.0. The molecule has 0 aliphatic rings. The van der Waals surface area contributed by atoms with E-state index in [1.54, 1.807) is 4.57 Å². The van der Waals surface area contributed by atoms with Crippen molar-refractivity contribution in [1.82, 2.24) is 4.57 Å². The highest BCUT2D eigenvalue weighted by atomic mass is 19.1. The number of hydrogen-bond acceptors (Lipinski definition) is 6. The van der Waals surface area contributed by atoms with E-state index < -0.39 is 28.3 Å². The predicted molar refractivity (Wildman–Crippen MR) is 110 cm³/mol. The molecule has 0 atom stereocenters. The average Bonchev–Trinajstić information content (AvgIpc) is 2.66. The summed E-state index contributed by atoms with van der Waals surface area (Å²) in [6.07, 6.45) is 1.63.